The summed E-state index contributed by atoms with van der Waals surface area (Å²) in [5.74, 6) is 0.967. The van der Waals surface area contributed by atoms with Crippen LogP contribution >= 0.6 is 0 Å². The van der Waals surface area contributed by atoms with E-state index < -0.39 is 0 Å². The number of aryl methyl sites for hydroxylation is 3. The lowest BCUT2D eigenvalue weighted by Crippen LogP contribution is -3.12. The van der Waals surface area contributed by atoms with Crippen molar-refractivity contribution in [3.8, 4) is 0 Å². The first-order valence-corrected chi connectivity index (χ1v) is 10.7. The van der Waals surface area contributed by atoms with Crippen LogP contribution in [0.2, 0.25) is 0 Å². The third kappa shape index (κ3) is 5.10. The van der Waals surface area contributed by atoms with Crippen molar-refractivity contribution in [1.29, 1.82) is 0 Å². The number of rotatable bonds is 7. The minimum Gasteiger partial charge on any atom is -0.349 e. The Balaban J connectivity index is 1.26. The van der Waals surface area contributed by atoms with Gasteiger partial charge >= 0.3 is 0 Å². The molecule has 0 saturated carbocycles. The monoisotopic (exact) mass is 405 g/mol. The second-order valence-corrected chi connectivity index (χ2v) is 8.04. The number of nitrogens with one attached hydrogen (secondary N) is 2. The smallest absolute Gasteiger partial charge is 0.251 e. The third-order valence-electron chi connectivity index (χ3n) is 5.89. The lowest BCUT2D eigenvalue weighted by atomic mass is 10.0. The molecule has 30 heavy (non-hydrogen) atoms. The number of likely N-dealkylation sites (tertiary alicyclic amines) is 1. The fourth-order valence-electron chi connectivity index (χ4n) is 4.06. The number of carbonyl (C=O) groups is 1. The molecular formula is C23H29N6O+. The van der Waals surface area contributed by atoms with E-state index in [0.717, 1.165) is 62.4 Å². The summed E-state index contributed by atoms with van der Waals surface area (Å²) in [7, 11) is 0. The molecule has 156 valence electrons. The van der Waals surface area contributed by atoms with Crippen molar-refractivity contribution < 1.29 is 9.69 Å². The molecule has 2 heterocycles. The molecule has 3 aromatic rings. The van der Waals surface area contributed by atoms with Crippen molar-refractivity contribution in [3.05, 3.63) is 77.1 Å². The van der Waals surface area contributed by atoms with E-state index in [1.165, 1.54) is 10.5 Å². The summed E-state index contributed by atoms with van der Waals surface area (Å²) in [5, 5.41) is 15.5. The van der Waals surface area contributed by atoms with E-state index in [0.29, 0.717) is 0 Å². The molecule has 0 unspecified atom stereocenters. The van der Waals surface area contributed by atoms with Crippen LogP contribution in [0.1, 0.15) is 40.2 Å². The Morgan fingerprint density at radius 3 is 2.60 bits per heavy atom. The molecule has 1 aromatic heterocycles. The number of tetrazole rings is 1. The molecular weight excluding hydrogens is 376 g/mol. The van der Waals surface area contributed by atoms with E-state index >= 15 is 0 Å². The number of benzene rings is 2. The van der Waals surface area contributed by atoms with Gasteiger partial charge in [-0.1, -0.05) is 48.5 Å². The molecule has 0 spiro atoms. The molecule has 7 heteroatoms. The molecule has 1 fully saturated rings. The summed E-state index contributed by atoms with van der Waals surface area (Å²) in [6.45, 7) is 5.59. The van der Waals surface area contributed by atoms with Crippen molar-refractivity contribution in [2.24, 2.45) is 0 Å². The largest absolute Gasteiger partial charge is 0.349 e. The van der Waals surface area contributed by atoms with Gasteiger partial charge in [0, 0.05) is 31.0 Å². The Kier molecular flexibility index (Phi) is 6.49. The molecule has 1 amide bonds. The third-order valence-corrected chi connectivity index (χ3v) is 5.89. The number of quaternary nitrogens is 1. The lowest BCUT2D eigenvalue weighted by Gasteiger charge is -2.29. The van der Waals surface area contributed by atoms with Gasteiger partial charge in [0.25, 0.3) is 5.91 Å². The van der Waals surface area contributed by atoms with Gasteiger partial charge in [0.05, 0.1) is 13.1 Å². The predicted molar refractivity (Wildman–Crippen MR) is 114 cm³/mol. The fourth-order valence-corrected chi connectivity index (χ4v) is 4.06. The van der Waals surface area contributed by atoms with Crippen molar-refractivity contribution in [1.82, 2.24) is 25.5 Å². The first-order valence-electron chi connectivity index (χ1n) is 10.7. The number of carbonyl (C=O) groups excluding carboxylic acids is 1. The quantitative estimate of drug-likeness (QED) is 0.619. The summed E-state index contributed by atoms with van der Waals surface area (Å²) >= 11 is 0. The first-order chi connectivity index (χ1) is 14.7. The van der Waals surface area contributed by atoms with Gasteiger partial charge in [-0.2, -0.15) is 0 Å². The van der Waals surface area contributed by atoms with Crippen molar-refractivity contribution in [2.45, 2.75) is 45.3 Å². The summed E-state index contributed by atoms with van der Waals surface area (Å²) in [5.41, 5.74) is 3.07. The summed E-state index contributed by atoms with van der Waals surface area (Å²) in [4.78, 5) is 14.0. The van der Waals surface area contributed by atoms with Crippen LogP contribution in [0.5, 0.6) is 0 Å². The van der Waals surface area contributed by atoms with Crippen LogP contribution in [0.4, 0.5) is 0 Å². The second-order valence-electron chi connectivity index (χ2n) is 8.04. The Bertz CT molecular complexity index is 963. The predicted octanol–water partition coefficient (Wildman–Crippen LogP) is 1.20. The molecule has 7 nitrogen and oxygen atoms in total. The Morgan fingerprint density at radius 2 is 1.83 bits per heavy atom. The number of nitrogens with zero attached hydrogens (tertiary/aromatic N) is 4. The maximum Gasteiger partial charge on any atom is 0.251 e. The highest BCUT2D eigenvalue weighted by Crippen LogP contribution is 2.09. The van der Waals surface area contributed by atoms with Gasteiger partial charge in [-0.3, -0.25) is 4.79 Å². The molecule has 1 aliphatic heterocycles. The SMILES string of the molecule is Cc1ccccc1C(=O)NC1CC[NH+](Cc2nnnn2CCc2ccccc2)CC1. The Morgan fingerprint density at radius 1 is 1.10 bits per heavy atom. The molecule has 2 aromatic carbocycles. The van der Waals surface area contributed by atoms with Gasteiger partial charge in [0.2, 0.25) is 5.82 Å². The Labute approximate surface area is 177 Å². The minimum atomic E-state index is 0.0337. The number of aromatic nitrogens is 4. The van der Waals surface area contributed by atoms with Crippen LogP contribution in [0, 0.1) is 6.92 Å². The van der Waals surface area contributed by atoms with E-state index in [1.807, 2.05) is 41.9 Å². The average Bonchev–Trinajstić information content (AvgIpc) is 3.21. The number of hydrogen-bond donors (Lipinski definition) is 2. The number of piperidine rings is 1. The van der Waals surface area contributed by atoms with Crippen LogP contribution in [-0.2, 0) is 19.5 Å². The van der Waals surface area contributed by atoms with Gasteiger partial charge < -0.3 is 10.2 Å². The van der Waals surface area contributed by atoms with Crippen LogP contribution in [-0.4, -0.2) is 45.2 Å². The lowest BCUT2D eigenvalue weighted by molar-refractivity contribution is -0.919. The molecule has 1 aliphatic rings. The zero-order valence-electron chi connectivity index (χ0n) is 17.4. The van der Waals surface area contributed by atoms with Gasteiger partial charge in [-0.05, 0) is 41.0 Å². The zero-order chi connectivity index (χ0) is 20.8. The highest BCUT2D eigenvalue weighted by atomic mass is 16.1. The van der Waals surface area contributed by atoms with Crippen LogP contribution in [0.15, 0.2) is 54.6 Å². The molecule has 0 radical (unpaired) electrons. The summed E-state index contributed by atoms with van der Waals surface area (Å²) in [6.07, 6.45) is 2.86. The molecule has 0 aliphatic carbocycles. The topological polar surface area (TPSA) is 77.1 Å². The fraction of sp³-hybridized carbons (Fsp3) is 0.391. The second kappa shape index (κ2) is 9.63. The van der Waals surface area contributed by atoms with E-state index in [-0.39, 0.29) is 11.9 Å². The number of amides is 1. The molecule has 4 rings (SSSR count). The molecule has 0 atom stereocenters. The van der Waals surface area contributed by atoms with Crippen molar-refractivity contribution >= 4 is 5.91 Å². The van der Waals surface area contributed by atoms with E-state index in [2.05, 4.69) is 45.1 Å². The van der Waals surface area contributed by atoms with E-state index in [1.54, 1.807) is 0 Å². The highest BCUT2D eigenvalue weighted by molar-refractivity contribution is 5.95. The summed E-state index contributed by atoms with van der Waals surface area (Å²) < 4.78 is 1.92. The first kappa shape index (κ1) is 20.2. The Hall–Kier alpha value is -3.06. The average molecular weight is 406 g/mol. The molecule has 0 bridgehead atoms. The van der Waals surface area contributed by atoms with Gasteiger partial charge in [-0.25, -0.2) is 4.68 Å². The normalized spacial score (nSPS) is 18.8. The molecule has 1 saturated heterocycles. The zero-order valence-corrected chi connectivity index (χ0v) is 17.4. The van der Waals surface area contributed by atoms with Crippen molar-refractivity contribution in [3.63, 3.8) is 0 Å². The van der Waals surface area contributed by atoms with Gasteiger partial charge in [0.1, 0.15) is 6.54 Å². The van der Waals surface area contributed by atoms with Crippen LogP contribution in [0.25, 0.3) is 0 Å². The number of hydrogen-bond acceptors (Lipinski definition) is 4. The maximum absolute atomic E-state index is 12.6. The van der Waals surface area contributed by atoms with E-state index in [4.69, 9.17) is 0 Å². The minimum absolute atomic E-state index is 0.0337. The summed E-state index contributed by atoms with van der Waals surface area (Å²) in [6, 6.07) is 18.4. The highest BCUT2D eigenvalue weighted by Gasteiger charge is 2.25. The van der Waals surface area contributed by atoms with Crippen LogP contribution in [0.3, 0.4) is 0 Å². The maximum atomic E-state index is 12.6. The standard InChI is InChI=1S/C23H28N6O/c1-18-7-5-6-10-21(18)23(30)24-20-12-14-28(15-13-20)17-22-25-26-27-29(22)16-11-19-8-3-2-4-9-19/h2-10,20H,11-17H2,1H3,(H,24,30)/p+1. The molecule has 2 N–H and O–H groups in total. The van der Waals surface area contributed by atoms with Crippen LogP contribution < -0.4 is 10.2 Å². The van der Waals surface area contributed by atoms with Crippen molar-refractivity contribution in [2.75, 3.05) is 13.1 Å². The van der Waals surface area contributed by atoms with Gasteiger partial charge in [0.15, 0.2) is 0 Å². The van der Waals surface area contributed by atoms with E-state index in [9.17, 15) is 4.79 Å². The van der Waals surface area contributed by atoms with Gasteiger partial charge in [-0.15, -0.1) is 5.10 Å².